The molecule has 0 aliphatic carbocycles. The van der Waals surface area contributed by atoms with Gasteiger partial charge in [0.25, 0.3) is 0 Å². The second kappa shape index (κ2) is 5.18. The maximum absolute atomic E-state index is 10.9. The van der Waals surface area contributed by atoms with Crippen LogP contribution in [0.25, 0.3) is 0 Å². The van der Waals surface area contributed by atoms with Crippen LogP contribution in [0.3, 0.4) is 0 Å². The number of hydrogen-bond acceptors (Lipinski definition) is 6. The van der Waals surface area contributed by atoms with Crippen LogP contribution < -0.4 is 4.74 Å². The molecule has 0 saturated carbocycles. The van der Waals surface area contributed by atoms with Gasteiger partial charge in [-0.15, -0.1) is 0 Å². The summed E-state index contributed by atoms with van der Waals surface area (Å²) in [5, 5.41) is 23.3. The lowest BCUT2D eigenvalue weighted by molar-refractivity contribution is -0.386. The van der Waals surface area contributed by atoms with Gasteiger partial charge >= 0.3 is 5.69 Å². The zero-order valence-corrected chi connectivity index (χ0v) is 9.99. The molecule has 0 unspecified atom stereocenters. The molecule has 96 valence electrons. The lowest BCUT2D eigenvalue weighted by Crippen LogP contribution is -1.99. The van der Waals surface area contributed by atoms with E-state index in [2.05, 4.69) is 5.16 Å². The first-order valence-electron chi connectivity index (χ1n) is 5.33. The third-order valence-corrected chi connectivity index (χ3v) is 2.34. The van der Waals surface area contributed by atoms with Crippen molar-refractivity contribution in [3.05, 3.63) is 51.4 Å². The quantitative estimate of drug-likeness (QED) is 0.616. The smallest absolute Gasteiger partial charge is 0.312 e. The zero-order chi connectivity index (χ0) is 13.8. The number of rotatable bonds is 4. The van der Waals surface area contributed by atoms with Gasteiger partial charge in [-0.25, -0.2) is 0 Å². The van der Waals surface area contributed by atoms with Crippen LogP contribution in [0.1, 0.15) is 17.0 Å². The van der Waals surface area contributed by atoms with E-state index in [1.54, 1.807) is 13.0 Å². The SMILES string of the molecule is Cc1cc(COc2ccc(C#N)cc2[N+](=O)[O-])no1. The molecule has 7 nitrogen and oxygen atoms in total. The van der Waals surface area contributed by atoms with Crippen LogP contribution in [0.15, 0.2) is 28.8 Å². The first-order chi connectivity index (χ1) is 9.10. The first-order valence-corrected chi connectivity index (χ1v) is 5.33. The van der Waals surface area contributed by atoms with Crippen molar-refractivity contribution in [2.45, 2.75) is 13.5 Å². The average molecular weight is 259 g/mol. The van der Waals surface area contributed by atoms with E-state index in [-0.39, 0.29) is 23.6 Å². The van der Waals surface area contributed by atoms with Gasteiger partial charge in [0.2, 0.25) is 0 Å². The monoisotopic (exact) mass is 259 g/mol. The second-order valence-electron chi connectivity index (χ2n) is 3.77. The van der Waals surface area contributed by atoms with Crippen molar-refractivity contribution >= 4 is 5.69 Å². The summed E-state index contributed by atoms with van der Waals surface area (Å²) < 4.78 is 10.2. The molecule has 2 aromatic rings. The Hall–Kier alpha value is -2.88. The highest BCUT2D eigenvalue weighted by Gasteiger charge is 2.16. The molecule has 0 spiro atoms. The summed E-state index contributed by atoms with van der Waals surface area (Å²) in [7, 11) is 0. The van der Waals surface area contributed by atoms with E-state index in [1.165, 1.54) is 18.2 Å². The van der Waals surface area contributed by atoms with Gasteiger partial charge in [0, 0.05) is 12.1 Å². The number of nitriles is 1. The molecule has 0 radical (unpaired) electrons. The Balaban J connectivity index is 2.20. The molecule has 1 aromatic heterocycles. The Kier molecular flexibility index (Phi) is 3.43. The van der Waals surface area contributed by atoms with Gasteiger partial charge in [0.15, 0.2) is 5.75 Å². The van der Waals surface area contributed by atoms with E-state index in [0.29, 0.717) is 11.5 Å². The van der Waals surface area contributed by atoms with E-state index >= 15 is 0 Å². The molecule has 0 N–H and O–H groups in total. The maximum Gasteiger partial charge on any atom is 0.312 e. The number of aromatic nitrogens is 1. The van der Waals surface area contributed by atoms with Gasteiger partial charge in [0.1, 0.15) is 18.1 Å². The summed E-state index contributed by atoms with van der Waals surface area (Å²) in [6, 6.07) is 7.53. The molecule has 0 bridgehead atoms. The lowest BCUT2D eigenvalue weighted by atomic mass is 10.2. The Morgan fingerprint density at radius 1 is 1.53 bits per heavy atom. The molecule has 1 heterocycles. The molecule has 19 heavy (non-hydrogen) atoms. The van der Waals surface area contributed by atoms with Gasteiger partial charge in [-0.3, -0.25) is 10.1 Å². The number of benzene rings is 1. The molecule has 0 atom stereocenters. The maximum atomic E-state index is 10.9. The predicted molar refractivity (Wildman–Crippen MR) is 63.4 cm³/mol. The van der Waals surface area contributed by atoms with Crippen LogP contribution in [0.2, 0.25) is 0 Å². The molecule has 7 heteroatoms. The minimum atomic E-state index is -0.593. The number of hydrogen-bond donors (Lipinski definition) is 0. The molecule has 0 aliphatic heterocycles. The highest BCUT2D eigenvalue weighted by molar-refractivity contribution is 5.51. The zero-order valence-electron chi connectivity index (χ0n) is 9.99. The standard InChI is InChI=1S/C12H9N3O4/c1-8-4-10(14-19-8)7-18-12-3-2-9(6-13)5-11(12)15(16)17/h2-5H,7H2,1H3. The molecular weight excluding hydrogens is 250 g/mol. The van der Waals surface area contributed by atoms with Crippen LogP contribution in [-0.4, -0.2) is 10.1 Å². The van der Waals surface area contributed by atoms with Gasteiger partial charge in [-0.05, 0) is 19.1 Å². The highest BCUT2D eigenvalue weighted by Crippen LogP contribution is 2.28. The number of nitrogens with zero attached hydrogens (tertiary/aromatic N) is 3. The van der Waals surface area contributed by atoms with Crippen LogP contribution >= 0.6 is 0 Å². The number of aryl methyl sites for hydroxylation is 1. The normalized spacial score (nSPS) is 9.89. The summed E-state index contributed by atoms with van der Waals surface area (Å²) >= 11 is 0. The van der Waals surface area contributed by atoms with Gasteiger partial charge < -0.3 is 9.26 Å². The fourth-order valence-corrected chi connectivity index (χ4v) is 1.49. The van der Waals surface area contributed by atoms with E-state index in [9.17, 15) is 10.1 Å². The summed E-state index contributed by atoms with van der Waals surface area (Å²) in [5.41, 5.74) is 0.492. The van der Waals surface area contributed by atoms with Crippen LogP contribution in [0, 0.1) is 28.4 Å². The van der Waals surface area contributed by atoms with Crippen molar-refractivity contribution in [3.63, 3.8) is 0 Å². The van der Waals surface area contributed by atoms with Gasteiger partial charge in [0.05, 0.1) is 16.6 Å². The summed E-state index contributed by atoms with van der Waals surface area (Å²) in [4.78, 5) is 10.3. The first kappa shape index (κ1) is 12.6. The largest absolute Gasteiger partial charge is 0.480 e. The van der Waals surface area contributed by atoms with Crippen LogP contribution in [0.4, 0.5) is 5.69 Å². The second-order valence-corrected chi connectivity index (χ2v) is 3.77. The fourth-order valence-electron chi connectivity index (χ4n) is 1.49. The Morgan fingerprint density at radius 3 is 2.89 bits per heavy atom. The van der Waals surface area contributed by atoms with Crippen LogP contribution in [-0.2, 0) is 6.61 Å². The van der Waals surface area contributed by atoms with Gasteiger partial charge in [-0.2, -0.15) is 5.26 Å². The number of ether oxygens (including phenoxy) is 1. The van der Waals surface area contributed by atoms with Crippen molar-refractivity contribution in [1.82, 2.24) is 5.16 Å². The van der Waals surface area contributed by atoms with Crippen LogP contribution in [0.5, 0.6) is 5.75 Å². The highest BCUT2D eigenvalue weighted by atomic mass is 16.6. The Bertz CT molecular complexity index is 657. The third-order valence-electron chi connectivity index (χ3n) is 2.34. The topological polar surface area (TPSA) is 102 Å². The molecule has 0 amide bonds. The van der Waals surface area contributed by atoms with Crippen molar-refractivity contribution in [3.8, 4) is 11.8 Å². The van der Waals surface area contributed by atoms with Crippen molar-refractivity contribution < 1.29 is 14.2 Å². The minimum Gasteiger partial charge on any atom is -0.480 e. The molecule has 2 rings (SSSR count). The minimum absolute atomic E-state index is 0.0596. The third kappa shape index (κ3) is 2.87. The predicted octanol–water partition coefficient (Wildman–Crippen LogP) is 2.34. The Morgan fingerprint density at radius 2 is 2.32 bits per heavy atom. The fraction of sp³-hybridized carbons (Fsp3) is 0.167. The molecule has 0 aliphatic rings. The van der Waals surface area contributed by atoms with E-state index in [4.69, 9.17) is 14.5 Å². The van der Waals surface area contributed by atoms with Crippen molar-refractivity contribution in [1.29, 1.82) is 5.26 Å². The van der Waals surface area contributed by atoms with Crippen molar-refractivity contribution in [2.24, 2.45) is 0 Å². The molecule has 0 saturated heterocycles. The van der Waals surface area contributed by atoms with E-state index in [0.717, 1.165) is 0 Å². The molecule has 0 fully saturated rings. The number of nitro groups is 1. The lowest BCUT2D eigenvalue weighted by Gasteiger charge is -2.04. The van der Waals surface area contributed by atoms with E-state index < -0.39 is 4.92 Å². The molecule has 1 aromatic carbocycles. The van der Waals surface area contributed by atoms with Gasteiger partial charge in [-0.1, -0.05) is 5.16 Å². The summed E-state index contributed by atoms with van der Waals surface area (Å²) in [6.45, 7) is 1.80. The molecular formula is C12H9N3O4. The van der Waals surface area contributed by atoms with E-state index in [1.807, 2.05) is 6.07 Å². The van der Waals surface area contributed by atoms with Crippen molar-refractivity contribution in [2.75, 3.05) is 0 Å². The summed E-state index contributed by atoms with van der Waals surface area (Å²) in [6.07, 6.45) is 0. The Labute approximate surface area is 108 Å². The summed E-state index contributed by atoms with van der Waals surface area (Å²) in [5.74, 6) is 0.720. The number of nitro benzene ring substituents is 1. The average Bonchev–Trinajstić information content (AvgIpc) is 2.82.